The van der Waals surface area contributed by atoms with E-state index in [2.05, 4.69) is 9.12 Å². The first-order chi connectivity index (χ1) is 14.6. The number of hydrogen-bond donors (Lipinski definition) is 3. The molecule has 0 fully saturated rings. The second kappa shape index (κ2) is 7.22. The summed E-state index contributed by atoms with van der Waals surface area (Å²) in [5.41, 5.74) is 12.6. The normalized spacial score (nSPS) is 12.7. The van der Waals surface area contributed by atoms with Crippen molar-refractivity contribution in [1.29, 1.82) is 0 Å². The van der Waals surface area contributed by atoms with Crippen molar-refractivity contribution < 1.29 is 21.6 Å². The van der Waals surface area contributed by atoms with Crippen LogP contribution in [0.1, 0.15) is 15.9 Å². The number of benzene rings is 3. The van der Waals surface area contributed by atoms with Crippen LogP contribution in [0.25, 0.3) is 11.1 Å². The van der Waals surface area contributed by atoms with Crippen molar-refractivity contribution >= 4 is 37.5 Å². The topological polar surface area (TPSA) is 162 Å². The molecular formula is C20H16N4O5S2. The molecule has 0 saturated carbocycles. The van der Waals surface area contributed by atoms with Gasteiger partial charge in [0.25, 0.3) is 20.0 Å². The van der Waals surface area contributed by atoms with Gasteiger partial charge in [-0.15, -0.1) is 4.40 Å². The lowest BCUT2D eigenvalue weighted by atomic mass is 10.1. The second-order valence-electron chi connectivity index (χ2n) is 6.70. The van der Waals surface area contributed by atoms with Crippen molar-refractivity contribution in [2.45, 2.75) is 9.79 Å². The van der Waals surface area contributed by atoms with Crippen LogP contribution in [0.4, 0.5) is 5.69 Å². The molecule has 0 bridgehead atoms. The number of carbonyl (C=O) groups excluding carboxylic acids is 1. The van der Waals surface area contributed by atoms with Crippen LogP contribution in [0.2, 0.25) is 0 Å². The molecule has 11 heteroatoms. The minimum absolute atomic E-state index is 0.0930. The van der Waals surface area contributed by atoms with Crippen LogP contribution in [0.15, 0.2) is 80.9 Å². The summed E-state index contributed by atoms with van der Waals surface area (Å²) in [4.78, 5) is 12.3. The summed E-state index contributed by atoms with van der Waals surface area (Å²) in [5.74, 6) is -0.852. The lowest BCUT2D eigenvalue weighted by Crippen LogP contribution is -2.24. The molecule has 0 heterocycles. The number of guanidine groups is 1. The third-order valence-electron chi connectivity index (χ3n) is 4.64. The van der Waals surface area contributed by atoms with E-state index in [4.69, 9.17) is 11.5 Å². The highest BCUT2D eigenvalue weighted by Gasteiger charge is 2.28. The maximum atomic E-state index is 12.8. The van der Waals surface area contributed by atoms with Gasteiger partial charge < -0.3 is 11.5 Å². The van der Waals surface area contributed by atoms with E-state index in [0.29, 0.717) is 16.7 Å². The largest absolute Gasteiger partial charge is 0.369 e. The Kier molecular flexibility index (Phi) is 4.79. The molecule has 1 aliphatic carbocycles. The Balaban J connectivity index is 1.62. The van der Waals surface area contributed by atoms with Gasteiger partial charge in [-0.1, -0.05) is 30.3 Å². The van der Waals surface area contributed by atoms with Crippen LogP contribution in [0.5, 0.6) is 0 Å². The third-order valence-corrected chi connectivity index (χ3v) is 7.34. The first kappa shape index (κ1) is 20.6. The van der Waals surface area contributed by atoms with Crippen molar-refractivity contribution in [3.63, 3.8) is 0 Å². The predicted molar refractivity (Wildman–Crippen MR) is 116 cm³/mol. The molecule has 5 N–H and O–H groups in total. The Hall–Kier alpha value is -3.70. The van der Waals surface area contributed by atoms with Crippen LogP contribution in [0.3, 0.4) is 0 Å². The van der Waals surface area contributed by atoms with Crippen LogP contribution < -0.4 is 16.2 Å². The molecule has 0 saturated heterocycles. The molecule has 0 aromatic heterocycles. The fraction of sp³-hybridized carbons (Fsp3) is 0. The maximum Gasteiger partial charge on any atom is 0.285 e. The Morgan fingerprint density at radius 1 is 0.742 bits per heavy atom. The zero-order valence-corrected chi connectivity index (χ0v) is 17.4. The fourth-order valence-corrected chi connectivity index (χ4v) is 5.22. The van der Waals surface area contributed by atoms with Crippen LogP contribution in [-0.4, -0.2) is 28.6 Å². The molecule has 0 spiro atoms. The monoisotopic (exact) mass is 456 g/mol. The SMILES string of the molecule is NC(N)=NS(=O)(=O)c1ccc(NS(=O)(=O)c2ccc3c(c2)C(=O)c2ccccc2-3)cc1. The number of nitrogens with one attached hydrogen (secondary N) is 1. The highest BCUT2D eigenvalue weighted by atomic mass is 32.2. The van der Waals surface area contributed by atoms with E-state index in [9.17, 15) is 21.6 Å². The average molecular weight is 457 g/mol. The van der Waals surface area contributed by atoms with Crippen molar-refractivity contribution in [3.05, 3.63) is 77.9 Å². The fourth-order valence-electron chi connectivity index (χ4n) is 3.27. The second-order valence-corrected chi connectivity index (χ2v) is 9.99. The molecule has 0 unspecified atom stereocenters. The minimum atomic E-state index is -4.09. The molecule has 4 rings (SSSR count). The molecule has 158 valence electrons. The summed E-state index contributed by atoms with van der Waals surface area (Å²) in [7, 11) is -8.12. The Morgan fingerprint density at radius 2 is 1.32 bits per heavy atom. The summed E-state index contributed by atoms with van der Waals surface area (Å²) in [6.07, 6.45) is 0. The molecule has 1 aliphatic rings. The van der Waals surface area contributed by atoms with E-state index >= 15 is 0 Å². The number of nitrogens with zero attached hydrogens (tertiary/aromatic N) is 1. The molecule has 3 aromatic rings. The van der Waals surface area contributed by atoms with E-state index in [-0.39, 0.29) is 21.3 Å². The molecule has 0 radical (unpaired) electrons. The highest BCUT2D eigenvalue weighted by molar-refractivity contribution is 7.92. The average Bonchev–Trinajstić information content (AvgIpc) is 2.99. The number of nitrogens with two attached hydrogens (primary N) is 2. The third kappa shape index (κ3) is 3.76. The number of ketones is 1. The summed E-state index contributed by atoms with van der Waals surface area (Å²) >= 11 is 0. The van der Waals surface area contributed by atoms with Gasteiger partial charge in [0.1, 0.15) is 0 Å². The number of hydrogen-bond acceptors (Lipinski definition) is 5. The van der Waals surface area contributed by atoms with Gasteiger partial charge >= 0.3 is 0 Å². The highest BCUT2D eigenvalue weighted by Crippen LogP contribution is 2.37. The van der Waals surface area contributed by atoms with Gasteiger partial charge in [0.15, 0.2) is 5.78 Å². The van der Waals surface area contributed by atoms with E-state index < -0.39 is 26.0 Å². The van der Waals surface area contributed by atoms with E-state index in [1.165, 1.54) is 36.4 Å². The molecule has 0 amide bonds. The molecule has 0 aliphatic heterocycles. The molecule has 3 aromatic carbocycles. The number of carbonyl (C=O) groups is 1. The lowest BCUT2D eigenvalue weighted by molar-refractivity contribution is 0.104. The van der Waals surface area contributed by atoms with Crippen LogP contribution in [0, 0.1) is 0 Å². The Morgan fingerprint density at radius 3 is 1.97 bits per heavy atom. The quantitative estimate of drug-likeness (QED) is 0.304. The van der Waals surface area contributed by atoms with E-state index in [1.807, 2.05) is 12.1 Å². The van der Waals surface area contributed by atoms with E-state index in [1.54, 1.807) is 18.2 Å². The molecule has 0 atom stereocenters. The van der Waals surface area contributed by atoms with Gasteiger partial charge in [0.05, 0.1) is 9.79 Å². The predicted octanol–water partition coefficient (Wildman–Crippen LogP) is 1.66. The maximum absolute atomic E-state index is 12.8. The van der Waals surface area contributed by atoms with Gasteiger partial charge in [0.2, 0.25) is 5.96 Å². The summed E-state index contributed by atoms with van der Waals surface area (Å²) in [6.45, 7) is 0. The van der Waals surface area contributed by atoms with Crippen molar-refractivity contribution in [3.8, 4) is 11.1 Å². The first-order valence-electron chi connectivity index (χ1n) is 8.85. The van der Waals surface area contributed by atoms with Gasteiger partial charge in [-0.2, -0.15) is 8.42 Å². The smallest absolute Gasteiger partial charge is 0.285 e. The number of sulfonamides is 2. The zero-order chi connectivity index (χ0) is 22.4. The minimum Gasteiger partial charge on any atom is -0.369 e. The van der Waals surface area contributed by atoms with Crippen molar-refractivity contribution in [1.82, 2.24) is 0 Å². The first-order valence-corrected chi connectivity index (χ1v) is 11.8. The Labute approximate surface area is 178 Å². The van der Waals surface area contributed by atoms with Crippen LogP contribution in [-0.2, 0) is 20.0 Å². The zero-order valence-electron chi connectivity index (χ0n) is 15.8. The number of rotatable bonds is 5. The van der Waals surface area contributed by atoms with E-state index in [0.717, 1.165) is 5.56 Å². The lowest BCUT2D eigenvalue weighted by Gasteiger charge is -2.10. The Bertz CT molecular complexity index is 1460. The van der Waals surface area contributed by atoms with Gasteiger partial charge in [-0.3, -0.25) is 9.52 Å². The summed E-state index contributed by atoms with van der Waals surface area (Å²) in [5, 5.41) is 0. The van der Waals surface area contributed by atoms with Gasteiger partial charge in [-0.25, -0.2) is 8.42 Å². The molecule has 31 heavy (non-hydrogen) atoms. The van der Waals surface area contributed by atoms with Gasteiger partial charge in [-0.05, 0) is 47.5 Å². The van der Waals surface area contributed by atoms with Crippen LogP contribution >= 0.6 is 0 Å². The summed E-state index contributed by atoms with van der Waals surface area (Å²) in [6, 6.07) is 16.3. The van der Waals surface area contributed by atoms with Crippen molar-refractivity contribution in [2.75, 3.05) is 4.72 Å². The number of fused-ring (bicyclic) bond motifs is 3. The van der Waals surface area contributed by atoms with Crippen molar-refractivity contribution in [2.24, 2.45) is 15.9 Å². The molecular weight excluding hydrogens is 440 g/mol. The summed E-state index contributed by atoms with van der Waals surface area (Å²) < 4.78 is 55.1. The number of anilines is 1. The van der Waals surface area contributed by atoms with Gasteiger partial charge in [0, 0.05) is 16.8 Å². The molecule has 9 nitrogen and oxygen atoms in total. The standard InChI is InChI=1S/C20H16N4O5S2/c21-20(22)24-30(26,27)13-7-5-12(6-8-13)23-31(28,29)14-9-10-16-15-3-1-2-4-17(15)19(25)18(16)11-14/h1-11,23H,(H4,21,22,24).